The molecule has 32 heavy (non-hydrogen) atoms. The van der Waals surface area contributed by atoms with Gasteiger partial charge < -0.3 is 18.9 Å². The second-order valence-electron chi connectivity index (χ2n) is 7.71. The van der Waals surface area contributed by atoms with Gasteiger partial charge in [0.2, 0.25) is 0 Å². The lowest BCUT2D eigenvalue weighted by Gasteiger charge is -2.26. The molecule has 2 heterocycles. The van der Waals surface area contributed by atoms with Gasteiger partial charge >= 0.3 is 0 Å². The van der Waals surface area contributed by atoms with Crippen LogP contribution in [0.3, 0.4) is 0 Å². The second kappa shape index (κ2) is 13.3. The Morgan fingerprint density at radius 1 is 0.594 bits per heavy atom. The summed E-state index contributed by atoms with van der Waals surface area (Å²) in [5.41, 5.74) is 0. The van der Waals surface area contributed by atoms with E-state index in [2.05, 4.69) is 34.1 Å². The number of benzene rings is 2. The zero-order chi connectivity index (χ0) is 21.8. The maximum Gasteiger partial charge on any atom is 0.119 e. The molecule has 2 aliphatic heterocycles. The highest BCUT2D eigenvalue weighted by atomic mass is 33.1. The molecule has 2 fully saturated rings. The number of morpholine rings is 2. The molecule has 0 amide bonds. The van der Waals surface area contributed by atoms with Crippen molar-refractivity contribution in [1.82, 2.24) is 9.80 Å². The molecule has 0 atom stereocenters. The molecule has 0 aliphatic carbocycles. The molecule has 0 N–H and O–H groups in total. The van der Waals surface area contributed by atoms with Gasteiger partial charge in [-0.15, -0.1) is 0 Å². The van der Waals surface area contributed by atoms with Crippen molar-refractivity contribution in [3.63, 3.8) is 0 Å². The molecule has 0 bridgehead atoms. The normalized spacial score (nSPS) is 17.9. The first kappa shape index (κ1) is 23.7. The number of hydrogen-bond acceptors (Lipinski definition) is 8. The van der Waals surface area contributed by atoms with Crippen molar-refractivity contribution in [1.29, 1.82) is 0 Å². The number of hydrogen-bond donors (Lipinski definition) is 0. The van der Waals surface area contributed by atoms with Gasteiger partial charge in [0.05, 0.1) is 26.4 Å². The fraction of sp³-hybridized carbons (Fsp3) is 0.500. The molecule has 0 unspecified atom stereocenters. The minimum Gasteiger partial charge on any atom is -0.492 e. The van der Waals surface area contributed by atoms with Crippen LogP contribution in [0.2, 0.25) is 0 Å². The fourth-order valence-electron chi connectivity index (χ4n) is 3.51. The molecule has 2 saturated heterocycles. The SMILES string of the molecule is c1cc(SSc2ccc(OCCN3CCOCC3)cc2)ccc1OCCN1CCOCC1. The van der Waals surface area contributed by atoms with Gasteiger partial charge in [0, 0.05) is 49.1 Å². The van der Waals surface area contributed by atoms with Crippen LogP contribution >= 0.6 is 21.6 Å². The standard InChI is InChI=1S/C24H32N2O4S2/c1-5-23(6-2-21(1)29-19-13-25-9-15-27-16-10-25)31-32-24-7-3-22(4-8-24)30-20-14-26-11-17-28-18-12-26/h1-8H,9-20H2. The van der Waals surface area contributed by atoms with Crippen molar-refractivity contribution in [3.05, 3.63) is 48.5 Å². The quantitative estimate of drug-likeness (QED) is 0.453. The molecule has 0 saturated carbocycles. The average molecular weight is 477 g/mol. The summed E-state index contributed by atoms with van der Waals surface area (Å²) in [5.74, 6) is 1.84. The number of nitrogens with zero attached hydrogens (tertiary/aromatic N) is 2. The first-order valence-electron chi connectivity index (χ1n) is 11.3. The Hall–Kier alpha value is -1.42. The van der Waals surface area contributed by atoms with Crippen molar-refractivity contribution >= 4 is 21.6 Å². The Morgan fingerprint density at radius 3 is 1.34 bits per heavy atom. The summed E-state index contributed by atoms with van der Waals surface area (Å²) < 4.78 is 22.5. The average Bonchev–Trinajstić information content (AvgIpc) is 2.86. The topological polar surface area (TPSA) is 43.4 Å². The van der Waals surface area contributed by atoms with E-state index < -0.39 is 0 Å². The van der Waals surface area contributed by atoms with Crippen molar-refractivity contribution in [2.24, 2.45) is 0 Å². The third kappa shape index (κ3) is 8.17. The van der Waals surface area contributed by atoms with Gasteiger partial charge in [-0.25, -0.2) is 0 Å². The summed E-state index contributed by atoms with van der Waals surface area (Å²) in [6, 6.07) is 16.7. The lowest BCUT2D eigenvalue weighted by molar-refractivity contribution is 0.0321. The van der Waals surface area contributed by atoms with Gasteiger partial charge in [0.15, 0.2) is 0 Å². The van der Waals surface area contributed by atoms with Crippen LogP contribution in [-0.4, -0.2) is 88.7 Å². The van der Waals surface area contributed by atoms with E-state index in [1.807, 2.05) is 24.3 Å². The van der Waals surface area contributed by atoms with E-state index >= 15 is 0 Å². The highest BCUT2D eigenvalue weighted by molar-refractivity contribution is 8.76. The Balaban J connectivity index is 1.12. The van der Waals surface area contributed by atoms with Crippen LogP contribution in [0.25, 0.3) is 0 Å². The number of ether oxygens (including phenoxy) is 4. The predicted octanol–water partition coefficient (Wildman–Crippen LogP) is 3.91. The molecule has 2 aromatic rings. The summed E-state index contributed by atoms with van der Waals surface area (Å²) in [4.78, 5) is 7.18. The Bertz CT molecular complexity index is 712. The maximum absolute atomic E-state index is 5.89. The van der Waals surface area contributed by atoms with Crippen LogP contribution < -0.4 is 9.47 Å². The van der Waals surface area contributed by atoms with Gasteiger partial charge in [-0.3, -0.25) is 9.80 Å². The minimum atomic E-state index is 0.710. The van der Waals surface area contributed by atoms with Gasteiger partial charge in [-0.1, -0.05) is 21.6 Å². The Morgan fingerprint density at radius 2 is 0.969 bits per heavy atom. The molecular formula is C24H32N2O4S2. The van der Waals surface area contributed by atoms with E-state index in [0.29, 0.717) is 13.2 Å². The Labute approximate surface area is 198 Å². The molecule has 4 rings (SSSR count). The highest BCUT2D eigenvalue weighted by Gasteiger charge is 2.11. The third-order valence-corrected chi connectivity index (χ3v) is 7.86. The van der Waals surface area contributed by atoms with Crippen molar-refractivity contribution < 1.29 is 18.9 Å². The largest absolute Gasteiger partial charge is 0.492 e. The van der Waals surface area contributed by atoms with E-state index in [1.54, 1.807) is 21.6 Å². The minimum absolute atomic E-state index is 0.710. The van der Waals surface area contributed by atoms with Crippen LogP contribution in [0.1, 0.15) is 0 Å². The van der Waals surface area contributed by atoms with Crippen LogP contribution in [0.5, 0.6) is 11.5 Å². The van der Waals surface area contributed by atoms with E-state index in [4.69, 9.17) is 18.9 Å². The summed E-state index contributed by atoms with van der Waals surface area (Å²) in [7, 11) is 3.50. The van der Waals surface area contributed by atoms with Gasteiger partial charge in [-0.2, -0.15) is 0 Å². The van der Waals surface area contributed by atoms with E-state index in [-0.39, 0.29) is 0 Å². The second-order valence-corrected chi connectivity index (χ2v) is 9.99. The monoisotopic (exact) mass is 476 g/mol. The molecule has 0 radical (unpaired) electrons. The van der Waals surface area contributed by atoms with Gasteiger partial charge in [0.1, 0.15) is 24.7 Å². The molecule has 2 aromatic carbocycles. The zero-order valence-electron chi connectivity index (χ0n) is 18.4. The molecular weight excluding hydrogens is 444 g/mol. The van der Waals surface area contributed by atoms with Crippen molar-refractivity contribution in [3.8, 4) is 11.5 Å². The van der Waals surface area contributed by atoms with Crippen LogP contribution in [-0.2, 0) is 9.47 Å². The smallest absolute Gasteiger partial charge is 0.119 e. The van der Waals surface area contributed by atoms with Crippen LogP contribution in [0.4, 0.5) is 0 Å². The lowest BCUT2D eigenvalue weighted by atomic mass is 10.3. The maximum atomic E-state index is 5.89. The number of rotatable bonds is 11. The summed E-state index contributed by atoms with van der Waals surface area (Å²) >= 11 is 0. The van der Waals surface area contributed by atoms with Crippen molar-refractivity contribution in [2.45, 2.75) is 9.79 Å². The Kier molecular flexibility index (Phi) is 9.88. The molecule has 0 aromatic heterocycles. The van der Waals surface area contributed by atoms with Crippen LogP contribution in [0.15, 0.2) is 58.3 Å². The molecule has 8 heteroatoms. The molecule has 0 spiro atoms. The molecule has 2 aliphatic rings. The van der Waals surface area contributed by atoms with Gasteiger partial charge in [-0.05, 0) is 48.5 Å². The van der Waals surface area contributed by atoms with Crippen molar-refractivity contribution in [2.75, 3.05) is 78.9 Å². The van der Waals surface area contributed by atoms with Crippen LogP contribution in [0, 0.1) is 0 Å². The summed E-state index contributed by atoms with van der Waals surface area (Å²) in [5, 5.41) is 0. The lowest BCUT2D eigenvalue weighted by Crippen LogP contribution is -2.38. The van der Waals surface area contributed by atoms with Gasteiger partial charge in [0.25, 0.3) is 0 Å². The summed E-state index contributed by atoms with van der Waals surface area (Å²) in [6.07, 6.45) is 0. The fourth-order valence-corrected chi connectivity index (χ4v) is 5.44. The third-order valence-electron chi connectivity index (χ3n) is 5.44. The van der Waals surface area contributed by atoms with E-state index in [1.165, 1.54) is 9.79 Å². The predicted molar refractivity (Wildman–Crippen MR) is 130 cm³/mol. The molecule has 174 valence electrons. The molecule has 6 nitrogen and oxygen atoms in total. The first-order valence-corrected chi connectivity index (χ1v) is 13.4. The summed E-state index contributed by atoms with van der Waals surface area (Å²) in [6.45, 7) is 10.6. The highest BCUT2D eigenvalue weighted by Crippen LogP contribution is 2.38. The van der Waals surface area contributed by atoms with E-state index in [0.717, 1.165) is 77.2 Å². The zero-order valence-corrected chi connectivity index (χ0v) is 20.1. The first-order chi connectivity index (χ1) is 15.8. The van der Waals surface area contributed by atoms with E-state index in [9.17, 15) is 0 Å².